The minimum atomic E-state index is -0.479. The van der Waals surface area contributed by atoms with E-state index >= 15 is 0 Å². The summed E-state index contributed by atoms with van der Waals surface area (Å²) in [4.78, 5) is 19.8. The van der Waals surface area contributed by atoms with Gasteiger partial charge in [0.15, 0.2) is 4.77 Å². The quantitative estimate of drug-likeness (QED) is 0.381. The number of thioether (sulfide) groups is 1. The lowest BCUT2D eigenvalue weighted by Crippen LogP contribution is -2.18. The Balaban J connectivity index is 2.52. The molecule has 1 aromatic heterocycles. The highest BCUT2D eigenvalue weighted by Gasteiger charge is 2.10. The van der Waals surface area contributed by atoms with E-state index in [-0.39, 0.29) is 16.2 Å². The van der Waals surface area contributed by atoms with E-state index in [1.807, 2.05) is 30.5 Å². The molecule has 1 heterocycles. The van der Waals surface area contributed by atoms with Crippen molar-refractivity contribution in [2.45, 2.75) is 11.4 Å². The molecule has 0 spiro atoms. The number of aromatic amines is 1. The molecule has 0 amide bonds. The molecule has 114 valence electrons. The summed E-state index contributed by atoms with van der Waals surface area (Å²) < 4.78 is 1.52. The van der Waals surface area contributed by atoms with Gasteiger partial charge in [0.05, 0.1) is 5.69 Å². The number of nitrogens with zero attached hydrogens (tertiary/aromatic N) is 2. The summed E-state index contributed by atoms with van der Waals surface area (Å²) in [6.07, 6.45) is 4.87. The number of hydrogen-bond donors (Lipinski definition) is 2. The van der Waals surface area contributed by atoms with Gasteiger partial charge in [-0.05, 0) is 30.6 Å². The van der Waals surface area contributed by atoms with Crippen LogP contribution < -0.4 is 5.56 Å². The molecule has 0 aliphatic rings. The van der Waals surface area contributed by atoms with Crippen LogP contribution in [0.2, 0.25) is 0 Å². The molecule has 0 aliphatic carbocycles. The molecule has 0 fully saturated rings. The molecule has 0 radical (unpaired) electrons. The van der Waals surface area contributed by atoms with E-state index < -0.39 is 5.56 Å². The molecule has 1 aromatic carbocycles. The van der Waals surface area contributed by atoms with Crippen molar-refractivity contribution in [1.29, 1.82) is 0 Å². The van der Waals surface area contributed by atoms with Crippen molar-refractivity contribution in [1.82, 2.24) is 9.55 Å². The molecule has 0 saturated heterocycles. The smallest absolute Gasteiger partial charge is 0.264 e. The van der Waals surface area contributed by atoms with Crippen LogP contribution in [-0.2, 0) is 6.54 Å². The topological polar surface area (TPSA) is 70.4 Å². The van der Waals surface area contributed by atoms with Crippen molar-refractivity contribution < 1.29 is 5.11 Å². The molecule has 0 unspecified atom stereocenters. The zero-order valence-corrected chi connectivity index (χ0v) is 13.6. The van der Waals surface area contributed by atoms with Gasteiger partial charge in [-0.3, -0.25) is 19.3 Å². The second kappa shape index (κ2) is 7.24. The normalized spacial score (nSPS) is 11.0. The van der Waals surface area contributed by atoms with E-state index in [0.717, 1.165) is 10.6 Å². The minimum absolute atomic E-state index is 0.0614. The second-order valence-electron chi connectivity index (χ2n) is 4.33. The molecule has 2 rings (SSSR count). The van der Waals surface area contributed by atoms with Crippen LogP contribution in [0.1, 0.15) is 5.56 Å². The number of aliphatic imine (C=N–C) groups is 1. The third-order valence-corrected chi connectivity index (χ3v) is 4.04. The summed E-state index contributed by atoms with van der Waals surface area (Å²) in [5.41, 5.74) is 0.311. The van der Waals surface area contributed by atoms with Crippen LogP contribution in [0.4, 0.5) is 5.69 Å². The number of nitrogens with one attached hydrogen (secondary N) is 1. The summed E-state index contributed by atoms with van der Waals surface area (Å²) in [5, 5.41) is 10.2. The molecule has 0 aliphatic heterocycles. The van der Waals surface area contributed by atoms with E-state index in [9.17, 15) is 9.90 Å². The molecule has 0 saturated carbocycles. The molecule has 5 nitrogen and oxygen atoms in total. The maximum Gasteiger partial charge on any atom is 0.264 e. The Morgan fingerprint density at radius 3 is 2.91 bits per heavy atom. The highest BCUT2D eigenvalue weighted by atomic mass is 32.2. The molecule has 0 atom stereocenters. The Morgan fingerprint density at radius 2 is 2.23 bits per heavy atom. The summed E-state index contributed by atoms with van der Waals surface area (Å²) >= 11 is 6.58. The maximum atomic E-state index is 12.0. The zero-order chi connectivity index (χ0) is 16.1. The van der Waals surface area contributed by atoms with Crippen molar-refractivity contribution in [2.24, 2.45) is 4.99 Å². The van der Waals surface area contributed by atoms with Gasteiger partial charge in [-0.25, -0.2) is 0 Å². The Bertz CT molecular complexity index is 837. The first-order chi connectivity index (χ1) is 10.6. The summed E-state index contributed by atoms with van der Waals surface area (Å²) in [6.45, 7) is 3.90. The number of allylic oxidation sites excluding steroid dienone is 1. The van der Waals surface area contributed by atoms with Crippen LogP contribution in [-0.4, -0.2) is 27.1 Å². The molecular weight excluding hydrogens is 318 g/mol. The predicted octanol–water partition coefficient (Wildman–Crippen LogP) is 3.27. The zero-order valence-electron chi connectivity index (χ0n) is 11.9. The number of para-hydroxylation sites is 1. The van der Waals surface area contributed by atoms with Crippen molar-refractivity contribution in [3.63, 3.8) is 0 Å². The van der Waals surface area contributed by atoms with Crippen LogP contribution in [0.5, 0.6) is 5.88 Å². The van der Waals surface area contributed by atoms with Crippen LogP contribution in [0.15, 0.2) is 51.6 Å². The van der Waals surface area contributed by atoms with Gasteiger partial charge in [-0.1, -0.05) is 18.2 Å². The van der Waals surface area contributed by atoms with Gasteiger partial charge in [-0.2, -0.15) is 0 Å². The van der Waals surface area contributed by atoms with Gasteiger partial charge in [-0.15, -0.1) is 18.3 Å². The fourth-order valence-electron chi connectivity index (χ4n) is 1.86. The molecular formula is C15H15N3O2S2. The molecule has 7 heteroatoms. The third kappa shape index (κ3) is 3.37. The van der Waals surface area contributed by atoms with Crippen molar-refractivity contribution in [3.8, 4) is 5.88 Å². The lowest BCUT2D eigenvalue weighted by Gasteiger charge is -2.08. The van der Waals surface area contributed by atoms with Gasteiger partial charge in [0.25, 0.3) is 5.56 Å². The highest BCUT2D eigenvalue weighted by Crippen LogP contribution is 2.27. The first kappa shape index (κ1) is 16.3. The number of benzene rings is 1. The number of aromatic hydroxyl groups is 1. The number of H-pyrrole nitrogens is 1. The average molecular weight is 333 g/mol. The van der Waals surface area contributed by atoms with Gasteiger partial charge in [0.2, 0.25) is 5.88 Å². The first-order valence-electron chi connectivity index (χ1n) is 6.42. The van der Waals surface area contributed by atoms with Crippen LogP contribution in [0.3, 0.4) is 0 Å². The van der Waals surface area contributed by atoms with Crippen LogP contribution in [0.25, 0.3) is 0 Å². The number of hydrogen-bond acceptors (Lipinski definition) is 5. The van der Waals surface area contributed by atoms with Gasteiger partial charge in [0, 0.05) is 17.7 Å². The summed E-state index contributed by atoms with van der Waals surface area (Å²) in [5.74, 6) is -0.223. The van der Waals surface area contributed by atoms with E-state index in [0.29, 0.717) is 6.54 Å². The van der Waals surface area contributed by atoms with Crippen molar-refractivity contribution >= 4 is 35.9 Å². The SMILES string of the molecule is C=CCn1c(O)c(C=Nc2ccccc2SC)c(=O)[nH]c1=S. The Kier molecular flexibility index (Phi) is 5.35. The fourth-order valence-corrected chi connectivity index (χ4v) is 2.66. The van der Waals surface area contributed by atoms with E-state index in [4.69, 9.17) is 12.2 Å². The van der Waals surface area contributed by atoms with Gasteiger partial charge < -0.3 is 5.11 Å². The summed E-state index contributed by atoms with van der Waals surface area (Å²) in [6, 6.07) is 7.55. The molecule has 2 aromatic rings. The van der Waals surface area contributed by atoms with E-state index in [2.05, 4.69) is 16.6 Å². The highest BCUT2D eigenvalue weighted by molar-refractivity contribution is 7.98. The molecule has 2 N–H and O–H groups in total. The lowest BCUT2D eigenvalue weighted by molar-refractivity contribution is 0.413. The standard InChI is InChI=1S/C15H15N3O2S2/c1-3-8-18-14(20)10(13(19)17-15(18)21)9-16-11-6-4-5-7-12(11)22-2/h3-7,9,20H,1,8H2,2H3,(H,17,19,21). The first-order valence-corrected chi connectivity index (χ1v) is 8.05. The molecule has 22 heavy (non-hydrogen) atoms. The Morgan fingerprint density at radius 1 is 1.50 bits per heavy atom. The molecule has 0 bridgehead atoms. The van der Waals surface area contributed by atoms with Gasteiger partial charge in [0.1, 0.15) is 5.56 Å². The monoisotopic (exact) mass is 333 g/mol. The average Bonchev–Trinajstić information content (AvgIpc) is 2.51. The van der Waals surface area contributed by atoms with Crippen molar-refractivity contribution in [3.05, 3.63) is 57.6 Å². The number of rotatable bonds is 5. The van der Waals surface area contributed by atoms with Crippen molar-refractivity contribution in [2.75, 3.05) is 6.26 Å². The maximum absolute atomic E-state index is 12.0. The van der Waals surface area contributed by atoms with Crippen LogP contribution in [0, 0.1) is 4.77 Å². The fraction of sp³-hybridized carbons (Fsp3) is 0.133. The Labute approximate surface area is 137 Å². The van der Waals surface area contributed by atoms with Crippen LogP contribution >= 0.6 is 24.0 Å². The van der Waals surface area contributed by atoms with Gasteiger partial charge >= 0.3 is 0 Å². The summed E-state index contributed by atoms with van der Waals surface area (Å²) in [7, 11) is 0. The minimum Gasteiger partial charge on any atom is -0.494 e. The van der Waals surface area contributed by atoms with E-state index in [1.54, 1.807) is 17.8 Å². The third-order valence-electron chi connectivity index (χ3n) is 2.94. The predicted molar refractivity (Wildman–Crippen MR) is 93.2 cm³/mol. The largest absolute Gasteiger partial charge is 0.494 e. The van der Waals surface area contributed by atoms with E-state index in [1.165, 1.54) is 10.8 Å². The second-order valence-corrected chi connectivity index (χ2v) is 5.56. The number of aromatic nitrogens is 2. The lowest BCUT2D eigenvalue weighted by atomic mass is 10.3. The Hall–Kier alpha value is -2.12.